The third kappa shape index (κ3) is 15.6. The van der Waals surface area contributed by atoms with Crippen LogP contribution in [0.5, 0.6) is 0 Å². The molecule has 1 aromatic carbocycles. The van der Waals surface area contributed by atoms with Gasteiger partial charge in [0.05, 0.1) is 20.7 Å². The first-order valence-electron chi connectivity index (χ1n) is 31.8. The van der Waals surface area contributed by atoms with Gasteiger partial charge < -0.3 is 13.3 Å². The van der Waals surface area contributed by atoms with E-state index in [2.05, 4.69) is 138 Å². The van der Waals surface area contributed by atoms with Gasteiger partial charge in [0.2, 0.25) is 0 Å². The Bertz CT molecular complexity index is 3710. The van der Waals surface area contributed by atoms with Gasteiger partial charge in [0.25, 0.3) is 0 Å². The maximum absolute atomic E-state index is 8.04. The van der Waals surface area contributed by atoms with E-state index in [9.17, 15) is 0 Å². The molecule has 418 valence electrons. The third-order valence-electron chi connectivity index (χ3n) is 13.0. The van der Waals surface area contributed by atoms with Crippen LogP contribution in [0.4, 0.5) is 0 Å². The quantitative estimate of drug-likeness (QED) is 0.152. The molecule has 8 heterocycles. The standard InChI is InChI=1S/C14H18S.C13H18S2.C11H18O.C11H14S2.C10H16O.C9H14O/c1-9-7-6-8-11-12(9)10(2)13(15-11)14(3,4)5;1-7-9(3)14-11-8(2)12(13(4,5)6)15-10(7)11;1-7-8(2)10(11(4,5)6)12-9(7)3;1-7-9-8(5-6-12-9)13-10(7)11(2,3)4;1-7-6-11-9(8(7)2)10(3,4)5;1-7-5-6-10-8(7)9(2,3)4/h6-8H,1-5H3;1-6H3;1-6H3;5-6H,1-4H3;6H,1-5H3;5-6H,1-4H3/i6D,7D,8D;3D3;;5D,6D;6D;5D,6D. The van der Waals surface area contributed by atoms with E-state index < -0.39 is 6.85 Å². The number of hydrogen-bond donors (Lipinski definition) is 0. The van der Waals surface area contributed by atoms with Gasteiger partial charge in [0, 0.05) is 63.4 Å². The highest BCUT2D eigenvalue weighted by Crippen LogP contribution is 2.45. The molecule has 8 aromatic heterocycles. The molecule has 0 saturated carbocycles. The number of furan rings is 3. The molecule has 0 spiro atoms. The van der Waals surface area contributed by atoms with Crippen LogP contribution >= 0.6 is 56.7 Å². The first-order chi connectivity index (χ1) is 39.0. The van der Waals surface area contributed by atoms with E-state index in [0.717, 1.165) is 79.7 Å². The predicted molar refractivity (Wildman–Crippen MR) is 346 cm³/mol. The van der Waals surface area contributed by atoms with Crippen LogP contribution in [0.25, 0.3) is 28.9 Å². The van der Waals surface area contributed by atoms with Gasteiger partial charge in [0.1, 0.15) is 25.8 Å². The zero-order valence-corrected chi connectivity index (χ0v) is 55.8. The second kappa shape index (κ2) is 24.4. The summed E-state index contributed by atoms with van der Waals surface area (Å²) in [6, 6.07) is 1.04. The van der Waals surface area contributed by atoms with Crippen LogP contribution in [0.1, 0.15) is 238 Å². The molecule has 9 rings (SSSR count). The number of benzene rings is 1. The molecule has 9 aromatic rings. The molecule has 0 unspecified atom stereocenters. The van der Waals surface area contributed by atoms with Crippen molar-refractivity contribution in [3.63, 3.8) is 0 Å². The summed E-state index contributed by atoms with van der Waals surface area (Å²) in [6.07, 6.45) is 0.273. The van der Waals surface area contributed by atoms with Crippen LogP contribution in [0.15, 0.2) is 61.3 Å². The highest BCUT2D eigenvalue weighted by Gasteiger charge is 2.26. The van der Waals surface area contributed by atoms with E-state index in [4.69, 9.17) is 28.3 Å². The SMILES string of the molecule is Cc1oc(C(C)(C)C)c(C)c1C.[2H]C([2H])([2H])c1sc2c(C)c(C(C)(C)C)sc2c1C.[2H]c1c([2H])c(C)c2c(C)c(C(C)(C)C)sc2c1[2H].[2H]c1oc(C(C)(C)C)c(C)c1C.[2H]c1oc(C(C)(C)C)c(C)c1[2H].[2H]c1sc2c(C)c(C(C)(C)C)sc2c1[2H]. The molecule has 0 saturated heterocycles. The van der Waals surface area contributed by atoms with Gasteiger partial charge in [-0.25, -0.2) is 0 Å². The van der Waals surface area contributed by atoms with Crippen LogP contribution in [0.2, 0.25) is 0 Å². The van der Waals surface area contributed by atoms with Crippen LogP contribution in [-0.4, -0.2) is 0 Å². The number of rotatable bonds is 0. The van der Waals surface area contributed by atoms with Crippen molar-refractivity contribution in [2.24, 2.45) is 0 Å². The van der Waals surface area contributed by atoms with E-state index in [0.29, 0.717) is 22.5 Å². The summed E-state index contributed by atoms with van der Waals surface area (Å²) in [5.74, 6) is 3.86. The zero-order valence-electron chi connectivity index (χ0n) is 62.8. The van der Waals surface area contributed by atoms with Gasteiger partial charge in [-0.2, -0.15) is 0 Å². The minimum atomic E-state index is -1.98. The van der Waals surface area contributed by atoms with Crippen LogP contribution in [0, 0.1) is 83.0 Å². The average molecular weight is 1130 g/mol. The largest absolute Gasteiger partial charge is 0.469 e. The third-order valence-corrected chi connectivity index (χ3v) is 20.6. The fraction of sp³-hybridized carbons (Fsp3) is 0.529. The Hall–Kier alpha value is -3.66. The fourth-order valence-electron chi connectivity index (χ4n) is 9.05. The molecule has 0 bridgehead atoms. The Balaban J connectivity index is 0.000000226. The van der Waals surface area contributed by atoms with Crippen molar-refractivity contribution in [1.29, 1.82) is 0 Å². The summed E-state index contributed by atoms with van der Waals surface area (Å²) >= 11 is 7.91. The summed E-state index contributed by atoms with van der Waals surface area (Å²) in [5, 5.41) is 1.40. The lowest BCUT2D eigenvalue weighted by Crippen LogP contribution is -2.11. The van der Waals surface area contributed by atoms with Crippen molar-refractivity contribution in [1.82, 2.24) is 0 Å². The topological polar surface area (TPSA) is 39.4 Å². The Morgan fingerprint density at radius 3 is 1.29 bits per heavy atom. The van der Waals surface area contributed by atoms with Gasteiger partial charge in [-0.3, -0.25) is 0 Å². The van der Waals surface area contributed by atoms with Crippen molar-refractivity contribution in [2.75, 3.05) is 0 Å². The van der Waals surface area contributed by atoms with Gasteiger partial charge in [-0.05, 0) is 184 Å². The Labute approximate surface area is 497 Å². The lowest BCUT2D eigenvalue weighted by atomic mass is 9.90. The van der Waals surface area contributed by atoms with Crippen molar-refractivity contribution < 1.29 is 28.3 Å². The lowest BCUT2D eigenvalue weighted by Gasteiger charge is -2.17. The predicted octanol–water partition coefficient (Wildman–Crippen LogP) is 24.2. The summed E-state index contributed by atoms with van der Waals surface area (Å²) in [4.78, 5) is 4.51. The molecule has 76 heavy (non-hydrogen) atoms. The highest BCUT2D eigenvalue weighted by molar-refractivity contribution is 7.28. The molecule has 0 atom stereocenters. The zero-order chi connectivity index (χ0) is 67.6. The minimum Gasteiger partial charge on any atom is -0.469 e. The maximum Gasteiger partial charge on any atom is 0.112 e. The molecule has 0 aliphatic rings. The second-order valence-electron chi connectivity index (χ2n) is 26.4. The molecular formula is C68H98O3S5. The van der Waals surface area contributed by atoms with Crippen LogP contribution in [-0.2, 0) is 32.5 Å². The first kappa shape index (κ1) is 49.4. The molecule has 3 nitrogen and oxygen atoms in total. The van der Waals surface area contributed by atoms with E-state index in [1.165, 1.54) is 65.1 Å². The lowest BCUT2D eigenvalue weighted by molar-refractivity contribution is 0.392. The number of aryl methyl sites for hydroxylation is 7. The van der Waals surface area contributed by atoms with Crippen molar-refractivity contribution in [3.05, 3.63) is 146 Å². The Morgan fingerprint density at radius 1 is 0.408 bits per heavy atom. The normalized spacial score (nSPS) is 14.6. The van der Waals surface area contributed by atoms with Crippen LogP contribution < -0.4 is 0 Å². The maximum atomic E-state index is 8.04. The van der Waals surface area contributed by atoms with E-state index in [1.807, 2.05) is 62.3 Å². The molecule has 0 aliphatic heterocycles. The van der Waals surface area contributed by atoms with Crippen molar-refractivity contribution in [2.45, 2.75) is 240 Å². The number of fused-ring (bicyclic) bond motifs is 3. The molecule has 0 aliphatic carbocycles. The minimum absolute atomic E-state index is 0.00808. The fourth-order valence-corrected chi connectivity index (χ4v) is 15.1. The van der Waals surface area contributed by atoms with Gasteiger partial charge in [-0.15, -0.1) is 56.7 Å². The molecule has 8 heteroatoms. The van der Waals surface area contributed by atoms with E-state index in [1.54, 1.807) is 34.0 Å². The van der Waals surface area contributed by atoms with Gasteiger partial charge >= 0.3 is 0 Å². The van der Waals surface area contributed by atoms with E-state index >= 15 is 0 Å². The monoisotopic (exact) mass is 1130 g/mol. The van der Waals surface area contributed by atoms with E-state index in [-0.39, 0.29) is 62.9 Å². The average Bonchev–Trinajstić information content (AvgIpc) is 1.65. The summed E-state index contributed by atoms with van der Waals surface area (Å²) in [5.41, 5.74) is 11.2. The number of hydrogen-bond acceptors (Lipinski definition) is 8. The first-order valence-corrected chi connectivity index (χ1v) is 30.3. The smallest absolute Gasteiger partial charge is 0.112 e. The summed E-state index contributed by atoms with van der Waals surface area (Å²) < 4.78 is 106. The molecule has 0 N–H and O–H groups in total. The molecular weight excluding hydrogens is 1030 g/mol. The summed E-state index contributed by atoms with van der Waals surface area (Å²) in [6.45, 7) is 58.7. The van der Waals surface area contributed by atoms with Gasteiger partial charge in [0.15, 0.2) is 0 Å². The van der Waals surface area contributed by atoms with Crippen LogP contribution in [0.3, 0.4) is 0 Å². The molecule has 0 fully saturated rings. The van der Waals surface area contributed by atoms with Crippen molar-refractivity contribution in [3.8, 4) is 0 Å². The Morgan fingerprint density at radius 2 is 0.908 bits per heavy atom. The van der Waals surface area contributed by atoms with Crippen molar-refractivity contribution >= 4 is 85.6 Å². The summed E-state index contributed by atoms with van der Waals surface area (Å²) in [7, 11) is 0. The number of thiophene rings is 5. The highest BCUT2D eigenvalue weighted by atomic mass is 32.1. The van der Waals surface area contributed by atoms with Gasteiger partial charge in [-0.1, -0.05) is 137 Å². The molecule has 0 amide bonds. The Kier molecular flexibility index (Phi) is 15.8. The molecule has 0 radical (unpaired) electrons. The second-order valence-corrected chi connectivity index (χ2v) is 31.3.